The van der Waals surface area contributed by atoms with Crippen LogP contribution in [0, 0.1) is 0 Å². The number of halogens is 3. The lowest BCUT2D eigenvalue weighted by Gasteiger charge is -2.10. The maximum Gasteiger partial charge on any atom is 0.387 e. The van der Waals surface area contributed by atoms with Crippen LogP contribution in [-0.4, -0.2) is 17.5 Å². The van der Waals surface area contributed by atoms with Gasteiger partial charge in [0, 0.05) is 22.8 Å². The molecule has 0 saturated carbocycles. The molecule has 0 saturated heterocycles. The predicted octanol–water partition coefficient (Wildman–Crippen LogP) is 4.74. The van der Waals surface area contributed by atoms with Crippen molar-refractivity contribution >= 4 is 34.1 Å². The topological polar surface area (TPSA) is 51.2 Å². The van der Waals surface area contributed by atoms with Crippen molar-refractivity contribution in [2.75, 3.05) is 5.32 Å². The van der Waals surface area contributed by atoms with E-state index in [-0.39, 0.29) is 16.7 Å². The average molecular weight is 349 g/mol. The minimum atomic E-state index is -2.97. The third-order valence-corrected chi connectivity index (χ3v) is 3.59. The molecule has 1 heterocycles. The molecule has 0 unspecified atom stereocenters. The minimum absolute atomic E-state index is 0.0207. The molecule has 7 heteroatoms. The molecule has 1 amide bonds. The molecule has 0 aliphatic carbocycles. The summed E-state index contributed by atoms with van der Waals surface area (Å²) in [4.78, 5) is 16.7. The number of benzene rings is 2. The molecule has 2 aromatic carbocycles. The Balaban J connectivity index is 1.85. The van der Waals surface area contributed by atoms with Gasteiger partial charge in [0.05, 0.1) is 10.5 Å². The summed E-state index contributed by atoms with van der Waals surface area (Å²) in [5.41, 5.74) is 1.51. The standard InChI is InChI=1S/C17H11ClF2N2O2/c18-13-9-10(6-7-15(13)24-17(19)20)22-16(23)12-3-1-5-14-11(12)4-2-8-21-14/h1-9,17H,(H,22,23). The zero-order valence-electron chi connectivity index (χ0n) is 12.2. The fraction of sp³-hybridized carbons (Fsp3) is 0.0588. The molecule has 4 nitrogen and oxygen atoms in total. The van der Waals surface area contributed by atoms with Crippen molar-refractivity contribution in [3.8, 4) is 5.75 Å². The fourth-order valence-electron chi connectivity index (χ4n) is 2.27. The van der Waals surface area contributed by atoms with Crippen LogP contribution < -0.4 is 10.1 Å². The lowest BCUT2D eigenvalue weighted by atomic mass is 10.1. The van der Waals surface area contributed by atoms with E-state index in [4.69, 9.17) is 11.6 Å². The first kappa shape index (κ1) is 16.1. The molecule has 0 aliphatic rings. The number of nitrogens with one attached hydrogen (secondary N) is 1. The number of hydrogen-bond donors (Lipinski definition) is 1. The molecule has 1 aromatic heterocycles. The first-order valence-electron chi connectivity index (χ1n) is 6.94. The van der Waals surface area contributed by atoms with E-state index in [1.165, 1.54) is 18.2 Å². The van der Waals surface area contributed by atoms with Crippen LogP contribution >= 0.6 is 11.6 Å². The molecule has 3 aromatic rings. The van der Waals surface area contributed by atoms with Crippen molar-refractivity contribution in [2.45, 2.75) is 6.61 Å². The first-order chi connectivity index (χ1) is 11.5. The predicted molar refractivity (Wildman–Crippen MR) is 87.8 cm³/mol. The fourth-order valence-corrected chi connectivity index (χ4v) is 2.50. The third-order valence-electron chi connectivity index (χ3n) is 3.30. The van der Waals surface area contributed by atoms with E-state index >= 15 is 0 Å². The van der Waals surface area contributed by atoms with Gasteiger partial charge in [-0.15, -0.1) is 0 Å². The van der Waals surface area contributed by atoms with Crippen LogP contribution in [-0.2, 0) is 0 Å². The zero-order chi connectivity index (χ0) is 17.1. The number of carbonyl (C=O) groups is 1. The zero-order valence-corrected chi connectivity index (χ0v) is 12.9. The number of aromatic nitrogens is 1. The second-order valence-electron chi connectivity index (χ2n) is 4.85. The van der Waals surface area contributed by atoms with E-state index in [9.17, 15) is 13.6 Å². The highest BCUT2D eigenvalue weighted by molar-refractivity contribution is 6.32. The van der Waals surface area contributed by atoms with Gasteiger partial charge in [0.15, 0.2) is 0 Å². The van der Waals surface area contributed by atoms with Crippen LogP contribution in [0.2, 0.25) is 5.02 Å². The third kappa shape index (κ3) is 3.44. The Kier molecular flexibility index (Phi) is 4.57. The van der Waals surface area contributed by atoms with Crippen LogP contribution in [0.4, 0.5) is 14.5 Å². The van der Waals surface area contributed by atoms with Gasteiger partial charge in [-0.25, -0.2) is 0 Å². The number of fused-ring (bicyclic) bond motifs is 1. The summed E-state index contributed by atoms with van der Waals surface area (Å²) < 4.78 is 28.7. The summed E-state index contributed by atoms with van der Waals surface area (Å²) in [5.74, 6) is -0.508. The Labute approximate surface area is 141 Å². The van der Waals surface area contributed by atoms with Crippen molar-refractivity contribution in [1.29, 1.82) is 0 Å². The van der Waals surface area contributed by atoms with Crippen molar-refractivity contribution in [3.63, 3.8) is 0 Å². The van der Waals surface area contributed by atoms with Crippen LogP contribution in [0.3, 0.4) is 0 Å². The Morgan fingerprint density at radius 1 is 1.17 bits per heavy atom. The number of anilines is 1. The smallest absolute Gasteiger partial charge is 0.387 e. The summed E-state index contributed by atoms with van der Waals surface area (Å²) in [7, 11) is 0. The quantitative estimate of drug-likeness (QED) is 0.740. The molecule has 1 N–H and O–H groups in total. The van der Waals surface area contributed by atoms with Crippen molar-refractivity contribution in [2.24, 2.45) is 0 Å². The average Bonchev–Trinajstić information content (AvgIpc) is 2.56. The van der Waals surface area contributed by atoms with Gasteiger partial charge in [0.1, 0.15) is 5.75 Å². The number of nitrogens with zero attached hydrogens (tertiary/aromatic N) is 1. The van der Waals surface area contributed by atoms with Crippen LogP contribution in [0.1, 0.15) is 10.4 Å². The normalized spacial score (nSPS) is 10.8. The van der Waals surface area contributed by atoms with Gasteiger partial charge in [0.2, 0.25) is 0 Å². The SMILES string of the molecule is O=C(Nc1ccc(OC(F)F)c(Cl)c1)c1cccc2ncccc12. The van der Waals surface area contributed by atoms with Crippen LogP contribution in [0.15, 0.2) is 54.7 Å². The second kappa shape index (κ2) is 6.80. The molecule has 0 radical (unpaired) electrons. The molecule has 122 valence electrons. The Morgan fingerprint density at radius 2 is 2.00 bits per heavy atom. The molecule has 0 atom stereocenters. The van der Waals surface area contributed by atoms with Gasteiger partial charge in [-0.05, 0) is 36.4 Å². The molecule has 0 spiro atoms. The maximum absolute atomic E-state index is 12.5. The molecule has 0 fully saturated rings. The van der Waals surface area contributed by atoms with E-state index in [0.29, 0.717) is 22.2 Å². The molecule has 24 heavy (non-hydrogen) atoms. The van der Waals surface area contributed by atoms with Crippen molar-refractivity contribution < 1.29 is 18.3 Å². The molecule has 0 aliphatic heterocycles. The highest BCUT2D eigenvalue weighted by atomic mass is 35.5. The molecular weight excluding hydrogens is 338 g/mol. The van der Waals surface area contributed by atoms with Gasteiger partial charge in [-0.3, -0.25) is 9.78 Å². The summed E-state index contributed by atoms with van der Waals surface area (Å²) in [6.07, 6.45) is 1.64. The lowest BCUT2D eigenvalue weighted by Crippen LogP contribution is -2.12. The van der Waals surface area contributed by atoms with Crippen molar-refractivity contribution in [1.82, 2.24) is 4.98 Å². The Morgan fingerprint density at radius 3 is 2.75 bits per heavy atom. The number of rotatable bonds is 4. The molecular formula is C17H11ClF2N2O2. The van der Waals surface area contributed by atoms with E-state index in [1.54, 1.807) is 36.5 Å². The van der Waals surface area contributed by atoms with Crippen molar-refractivity contribution in [3.05, 3.63) is 65.3 Å². The number of carbonyl (C=O) groups excluding carboxylic acids is 1. The summed E-state index contributed by atoms with van der Waals surface area (Å²) in [6, 6.07) is 12.8. The first-order valence-corrected chi connectivity index (χ1v) is 7.32. The minimum Gasteiger partial charge on any atom is -0.433 e. The summed E-state index contributed by atoms with van der Waals surface area (Å²) in [5, 5.41) is 3.37. The van der Waals surface area contributed by atoms with E-state index in [1.807, 2.05) is 0 Å². The largest absolute Gasteiger partial charge is 0.433 e. The number of pyridine rings is 1. The number of ether oxygens (including phenoxy) is 1. The summed E-state index contributed by atoms with van der Waals surface area (Å²) >= 11 is 5.88. The van der Waals surface area contributed by atoms with Gasteiger partial charge >= 0.3 is 6.61 Å². The maximum atomic E-state index is 12.5. The Bertz CT molecular complexity index is 897. The number of alkyl halides is 2. The number of hydrogen-bond acceptors (Lipinski definition) is 3. The van der Waals surface area contributed by atoms with Gasteiger partial charge in [-0.1, -0.05) is 23.7 Å². The van der Waals surface area contributed by atoms with Gasteiger partial charge < -0.3 is 10.1 Å². The highest BCUT2D eigenvalue weighted by Gasteiger charge is 2.13. The molecule has 0 bridgehead atoms. The van der Waals surface area contributed by atoms with E-state index < -0.39 is 6.61 Å². The highest BCUT2D eigenvalue weighted by Crippen LogP contribution is 2.29. The van der Waals surface area contributed by atoms with E-state index in [0.717, 1.165) is 0 Å². The summed E-state index contributed by atoms with van der Waals surface area (Å²) in [6.45, 7) is -2.97. The van der Waals surface area contributed by atoms with E-state index in [2.05, 4.69) is 15.0 Å². The Hall–Kier alpha value is -2.73. The van der Waals surface area contributed by atoms with Crippen LogP contribution in [0.25, 0.3) is 10.9 Å². The van der Waals surface area contributed by atoms with Gasteiger partial charge in [0.25, 0.3) is 5.91 Å². The molecule has 3 rings (SSSR count). The monoisotopic (exact) mass is 348 g/mol. The lowest BCUT2D eigenvalue weighted by molar-refractivity contribution is -0.0497. The number of amides is 1. The van der Waals surface area contributed by atoms with Crippen LogP contribution in [0.5, 0.6) is 5.75 Å². The van der Waals surface area contributed by atoms with Gasteiger partial charge in [-0.2, -0.15) is 8.78 Å². The second-order valence-corrected chi connectivity index (χ2v) is 5.26.